The molecule has 1 heterocycles. The van der Waals surface area contributed by atoms with Gasteiger partial charge in [0.05, 0.1) is 0 Å². The van der Waals surface area contributed by atoms with Gasteiger partial charge >= 0.3 is 0 Å². The first-order valence-electron chi connectivity index (χ1n) is 6.79. The molecule has 0 aliphatic carbocycles. The second kappa shape index (κ2) is 7.90. The van der Waals surface area contributed by atoms with E-state index < -0.39 is 0 Å². The van der Waals surface area contributed by atoms with Crippen LogP contribution in [0.3, 0.4) is 0 Å². The zero-order valence-corrected chi connectivity index (χ0v) is 13.5. The molecule has 0 aliphatic heterocycles. The average molecular weight is 313 g/mol. The first kappa shape index (κ1) is 15.6. The molecule has 0 aliphatic rings. The van der Waals surface area contributed by atoms with Crippen LogP contribution in [0.15, 0.2) is 22.9 Å². The fourth-order valence-electron chi connectivity index (χ4n) is 1.97. The fourth-order valence-corrected chi connectivity index (χ4v) is 2.38. The summed E-state index contributed by atoms with van der Waals surface area (Å²) in [5.74, 6) is 2.06. The Morgan fingerprint density at radius 2 is 1.89 bits per heavy atom. The molecule has 0 fully saturated rings. The Bertz CT molecular complexity index is 350. The Kier molecular flexibility index (Phi) is 6.87. The van der Waals surface area contributed by atoms with Gasteiger partial charge in [-0.1, -0.05) is 27.7 Å². The number of aromatic nitrogens is 1. The largest absolute Gasteiger partial charge is 0.316 e. The Hall–Kier alpha value is -0.410. The minimum Gasteiger partial charge on any atom is -0.316 e. The molecule has 1 aromatic heterocycles. The highest BCUT2D eigenvalue weighted by Crippen LogP contribution is 2.18. The Morgan fingerprint density at radius 3 is 2.44 bits per heavy atom. The van der Waals surface area contributed by atoms with Crippen molar-refractivity contribution in [3.63, 3.8) is 0 Å². The Balaban J connectivity index is 2.52. The molecule has 0 amide bonds. The number of pyridine rings is 1. The predicted molar refractivity (Wildman–Crippen MR) is 81.7 cm³/mol. The number of nitrogens with zero attached hydrogens (tertiary/aromatic N) is 1. The highest BCUT2D eigenvalue weighted by atomic mass is 79.9. The molecule has 18 heavy (non-hydrogen) atoms. The molecule has 0 aromatic carbocycles. The maximum absolute atomic E-state index is 4.24. The van der Waals surface area contributed by atoms with Gasteiger partial charge in [0, 0.05) is 16.9 Å². The van der Waals surface area contributed by atoms with E-state index in [9.17, 15) is 0 Å². The Labute approximate surface area is 120 Å². The van der Waals surface area contributed by atoms with Crippen molar-refractivity contribution in [1.29, 1.82) is 0 Å². The Morgan fingerprint density at radius 1 is 1.17 bits per heavy atom. The molecule has 102 valence electrons. The average Bonchev–Trinajstić information content (AvgIpc) is 2.27. The van der Waals surface area contributed by atoms with Crippen LogP contribution in [0.1, 0.15) is 33.3 Å². The molecule has 3 heteroatoms. The summed E-state index contributed by atoms with van der Waals surface area (Å²) in [5, 5.41) is 3.57. The van der Waals surface area contributed by atoms with Gasteiger partial charge in [-0.05, 0) is 64.8 Å². The van der Waals surface area contributed by atoms with Crippen LogP contribution in [0, 0.1) is 17.8 Å². The summed E-state index contributed by atoms with van der Waals surface area (Å²) in [6.45, 7) is 11.3. The van der Waals surface area contributed by atoms with Gasteiger partial charge in [-0.2, -0.15) is 0 Å². The van der Waals surface area contributed by atoms with Gasteiger partial charge in [-0.25, -0.2) is 0 Å². The van der Waals surface area contributed by atoms with Crippen molar-refractivity contribution in [3.8, 4) is 0 Å². The lowest BCUT2D eigenvalue weighted by Crippen LogP contribution is -2.30. The van der Waals surface area contributed by atoms with Crippen LogP contribution >= 0.6 is 15.9 Å². The highest BCUT2D eigenvalue weighted by molar-refractivity contribution is 9.10. The molecule has 1 rings (SSSR count). The van der Waals surface area contributed by atoms with Crippen LogP contribution in [0.4, 0.5) is 0 Å². The van der Waals surface area contributed by atoms with Gasteiger partial charge < -0.3 is 5.32 Å². The van der Waals surface area contributed by atoms with E-state index in [-0.39, 0.29) is 0 Å². The van der Waals surface area contributed by atoms with E-state index in [4.69, 9.17) is 0 Å². The monoisotopic (exact) mass is 312 g/mol. The zero-order valence-electron chi connectivity index (χ0n) is 11.9. The van der Waals surface area contributed by atoms with Gasteiger partial charge in [0.15, 0.2) is 0 Å². The van der Waals surface area contributed by atoms with Gasteiger partial charge in [0.2, 0.25) is 0 Å². The van der Waals surface area contributed by atoms with Gasteiger partial charge in [0.25, 0.3) is 0 Å². The fraction of sp³-hybridized carbons (Fsp3) is 0.667. The van der Waals surface area contributed by atoms with Crippen LogP contribution in [0.5, 0.6) is 0 Å². The smallest absolute Gasteiger partial charge is 0.0410 e. The third-order valence-corrected chi connectivity index (χ3v) is 3.59. The zero-order chi connectivity index (χ0) is 13.5. The topological polar surface area (TPSA) is 24.9 Å². The molecule has 1 aromatic rings. The lowest BCUT2D eigenvalue weighted by atomic mass is 9.89. The quantitative estimate of drug-likeness (QED) is 0.826. The van der Waals surface area contributed by atoms with Crippen molar-refractivity contribution >= 4 is 15.9 Å². The summed E-state index contributed by atoms with van der Waals surface area (Å²) in [6, 6.07) is 2.17. The van der Waals surface area contributed by atoms with Crippen LogP contribution in [-0.2, 0) is 6.42 Å². The number of nitrogens with one attached hydrogen (secondary N) is 1. The van der Waals surface area contributed by atoms with Crippen molar-refractivity contribution in [2.24, 2.45) is 17.8 Å². The molecule has 0 saturated heterocycles. The highest BCUT2D eigenvalue weighted by Gasteiger charge is 2.14. The van der Waals surface area contributed by atoms with Crippen LogP contribution in [-0.4, -0.2) is 18.1 Å². The van der Waals surface area contributed by atoms with Gasteiger partial charge in [0.1, 0.15) is 0 Å². The van der Waals surface area contributed by atoms with E-state index >= 15 is 0 Å². The first-order chi connectivity index (χ1) is 8.49. The van der Waals surface area contributed by atoms with Crippen molar-refractivity contribution in [1.82, 2.24) is 10.3 Å². The maximum atomic E-state index is 4.24. The third kappa shape index (κ3) is 5.96. The molecule has 0 saturated carbocycles. The van der Waals surface area contributed by atoms with Gasteiger partial charge in [-0.15, -0.1) is 0 Å². The second-order valence-electron chi connectivity index (χ2n) is 5.77. The summed E-state index contributed by atoms with van der Waals surface area (Å²) in [5.41, 5.74) is 1.31. The van der Waals surface area contributed by atoms with E-state index in [0.29, 0.717) is 17.8 Å². The van der Waals surface area contributed by atoms with Gasteiger partial charge in [-0.3, -0.25) is 4.98 Å². The number of hydrogen-bond donors (Lipinski definition) is 1. The molecule has 1 unspecified atom stereocenters. The lowest BCUT2D eigenvalue weighted by Gasteiger charge is -2.22. The summed E-state index contributed by atoms with van der Waals surface area (Å²) in [4.78, 5) is 4.24. The standard InChI is InChI=1S/C15H25BrN2/c1-11(2)7-17-9-14(12(3)4)5-13-6-15(16)10-18-8-13/h6,8,10-12,14,17H,5,7,9H2,1-4H3. The molecular formula is C15H25BrN2. The normalized spacial score (nSPS) is 13.3. The third-order valence-electron chi connectivity index (χ3n) is 3.16. The molecule has 1 atom stereocenters. The molecule has 2 nitrogen and oxygen atoms in total. The predicted octanol–water partition coefficient (Wildman–Crippen LogP) is 3.90. The minimum absolute atomic E-state index is 0.667. The van der Waals surface area contributed by atoms with E-state index in [1.165, 1.54) is 5.56 Å². The van der Waals surface area contributed by atoms with Crippen LogP contribution < -0.4 is 5.32 Å². The van der Waals surface area contributed by atoms with E-state index in [2.05, 4.69) is 60.0 Å². The molecule has 0 spiro atoms. The molecule has 0 radical (unpaired) electrons. The van der Waals surface area contributed by atoms with Crippen molar-refractivity contribution in [2.45, 2.75) is 34.1 Å². The summed E-state index contributed by atoms with van der Waals surface area (Å²) >= 11 is 3.48. The number of rotatable bonds is 7. The summed E-state index contributed by atoms with van der Waals surface area (Å²) in [6.07, 6.45) is 4.91. The van der Waals surface area contributed by atoms with E-state index in [1.54, 1.807) is 0 Å². The molecular weight excluding hydrogens is 288 g/mol. The van der Waals surface area contributed by atoms with Crippen LogP contribution in [0.25, 0.3) is 0 Å². The van der Waals surface area contributed by atoms with Crippen LogP contribution in [0.2, 0.25) is 0 Å². The number of halogens is 1. The first-order valence-corrected chi connectivity index (χ1v) is 7.58. The second-order valence-corrected chi connectivity index (χ2v) is 6.69. The summed E-state index contributed by atoms with van der Waals surface area (Å²) < 4.78 is 1.07. The molecule has 1 N–H and O–H groups in total. The molecule has 0 bridgehead atoms. The lowest BCUT2D eigenvalue weighted by molar-refractivity contribution is 0.352. The van der Waals surface area contributed by atoms with E-state index in [1.807, 2.05) is 12.4 Å². The van der Waals surface area contributed by atoms with Crippen molar-refractivity contribution < 1.29 is 0 Å². The maximum Gasteiger partial charge on any atom is 0.0410 e. The SMILES string of the molecule is CC(C)CNCC(Cc1cncc(Br)c1)C(C)C. The van der Waals surface area contributed by atoms with Crippen molar-refractivity contribution in [3.05, 3.63) is 28.5 Å². The number of hydrogen-bond acceptors (Lipinski definition) is 2. The van der Waals surface area contributed by atoms with Crippen molar-refractivity contribution in [2.75, 3.05) is 13.1 Å². The van der Waals surface area contributed by atoms with E-state index in [0.717, 1.165) is 24.0 Å². The minimum atomic E-state index is 0.667. The summed E-state index contributed by atoms with van der Waals surface area (Å²) in [7, 11) is 0.